The number of benzene rings is 2. The van der Waals surface area contributed by atoms with E-state index < -0.39 is 0 Å². The molecule has 2 heteroatoms. The fourth-order valence-corrected chi connectivity index (χ4v) is 2.01. The van der Waals surface area contributed by atoms with E-state index in [1.54, 1.807) is 0 Å². The first kappa shape index (κ1) is 14.3. The van der Waals surface area contributed by atoms with Crippen LogP contribution in [0.3, 0.4) is 0 Å². The van der Waals surface area contributed by atoms with E-state index in [0.717, 1.165) is 18.6 Å². The van der Waals surface area contributed by atoms with Gasteiger partial charge in [0.25, 0.3) is 0 Å². The van der Waals surface area contributed by atoms with Gasteiger partial charge in [0, 0.05) is 5.56 Å². The Labute approximate surface area is 120 Å². The van der Waals surface area contributed by atoms with Gasteiger partial charge in [0.15, 0.2) is 12.4 Å². The summed E-state index contributed by atoms with van der Waals surface area (Å²) in [5.74, 6) is 0.736. The first-order valence-electron chi connectivity index (χ1n) is 7.00. The average Bonchev–Trinajstić information content (AvgIpc) is 2.47. The van der Waals surface area contributed by atoms with Crippen molar-refractivity contribution in [2.45, 2.75) is 26.7 Å². The maximum atomic E-state index is 12.0. The highest BCUT2D eigenvalue weighted by Gasteiger charge is 2.06. The molecular weight excluding hydrogens is 248 g/mol. The zero-order valence-electron chi connectivity index (χ0n) is 12.1. The van der Waals surface area contributed by atoms with Crippen molar-refractivity contribution in [3.05, 3.63) is 65.2 Å². The molecule has 2 rings (SSSR count). The molecule has 0 spiro atoms. The maximum Gasteiger partial charge on any atom is 0.200 e. The maximum absolute atomic E-state index is 12.0. The van der Waals surface area contributed by atoms with Gasteiger partial charge in [-0.05, 0) is 31.0 Å². The molecular formula is C18H20O2. The SMILES string of the molecule is CCCc1ccc(C(=O)COc2ccc(C)cc2)cc1. The lowest BCUT2D eigenvalue weighted by Crippen LogP contribution is -2.11. The van der Waals surface area contributed by atoms with Crippen LogP contribution in [0.1, 0.15) is 34.8 Å². The second-order valence-corrected chi connectivity index (χ2v) is 4.97. The number of carbonyl (C=O) groups is 1. The molecule has 0 saturated heterocycles. The Kier molecular flexibility index (Phi) is 4.94. The lowest BCUT2D eigenvalue weighted by molar-refractivity contribution is 0.0921. The van der Waals surface area contributed by atoms with Gasteiger partial charge in [-0.2, -0.15) is 0 Å². The molecule has 0 bridgehead atoms. The van der Waals surface area contributed by atoms with Crippen LogP contribution in [0.5, 0.6) is 5.75 Å². The van der Waals surface area contributed by atoms with Gasteiger partial charge in [-0.1, -0.05) is 55.3 Å². The number of ketones is 1. The van der Waals surface area contributed by atoms with Gasteiger partial charge < -0.3 is 4.74 Å². The number of hydrogen-bond acceptors (Lipinski definition) is 2. The topological polar surface area (TPSA) is 26.3 Å². The van der Waals surface area contributed by atoms with Crippen LogP contribution in [0.25, 0.3) is 0 Å². The van der Waals surface area contributed by atoms with Crippen molar-refractivity contribution in [3.63, 3.8) is 0 Å². The predicted octanol–water partition coefficient (Wildman–Crippen LogP) is 4.21. The van der Waals surface area contributed by atoms with Crippen LogP contribution < -0.4 is 4.74 Å². The minimum Gasteiger partial charge on any atom is -0.485 e. The molecule has 0 heterocycles. The van der Waals surface area contributed by atoms with Crippen molar-refractivity contribution in [2.24, 2.45) is 0 Å². The number of ether oxygens (including phenoxy) is 1. The van der Waals surface area contributed by atoms with Crippen LogP contribution in [0.2, 0.25) is 0 Å². The van der Waals surface area contributed by atoms with Crippen molar-refractivity contribution in [3.8, 4) is 5.75 Å². The summed E-state index contributed by atoms with van der Waals surface area (Å²) in [5.41, 5.74) is 3.15. The molecule has 0 saturated carbocycles. The molecule has 0 aliphatic carbocycles. The molecule has 0 aliphatic heterocycles. The van der Waals surface area contributed by atoms with Crippen molar-refractivity contribution in [2.75, 3.05) is 6.61 Å². The molecule has 0 unspecified atom stereocenters. The molecule has 0 atom stereocenters. The van der Waals surface area contributed by atoms with Gasteiger partial charge in [-0.25, -0.2) is 0 Å². The monoisotopic (exact) mass is 268 g/mol. The molecule has 2 aromatic rings. The molecule has 20 heavy (non-hydrogen) atoms. The third-order valence-corrected chi connectivity index (χ3v) is 3.21. The summed E-state index contributed by atoms with van der Waals surface area (Å²) in [6, 6.07) is 15.5. The number of hydrogen-bond donors (Lipinski definition) is 0. The second-order valence-electron chi connectivity index (χ2n) is 4.97. The molecule has 0 fully saturated rings. The van der Waals surface area contributed by atoms with Crippen molar-refractivity contribution in [1.82, 2.24) is 0 Å². The molecule has 2 nitrogen and oxygen atoms in total. The first-order chi connectivity index (χ1) is 9.69. The minimum atomic E-state index is 0.00798. The van der Waals surface area contributed by atoms with Gasteiger partial charge in [0.05, 0.1) is 0 Å². The van der Waals surface area contributed by atoms with Gasteiger partial charge in [0.2, 0.25) is 0 Å². The van der Waals surface area contributed by atoms with E-state index in [-0.39, 0.29) is 12.4 Å². The molecule has 0 aromatic heterocycles. The Bertz CT molecular complexity index is 553. The smallest absolute Gasteiger partial charge is 0.200 e. The first-order valence-corrected chi connectivity index (χ1v) is 7.00. The Morgan fingerprint density at radius 1 is 1.00 bits per heavy atom. The summed E-state index contributed by atoms with van der Waals surface area (Å²) in [4.78, 5) is 12.0. The Hall–Kier alpha value is -2.09. The highest BCUT2D eigenvalue weighted by Crippen LogP contribution is 2.13. The van der Waals surface area contributed by atoms with E-state index in [1.165, 1.54) is 11.1 Å². The fraction of sp³-hybridized carbons (Fsp3) is 0.278. The van der Waals surface area contributed by atoms with E-state index in [0.29, 0.717) is 5.56 Å². The number of Topliss-reactive ketones (excluding diaryl/α,β-unsaturated/α-hetero) is 1. The fourth-order valence-electron chi connectivity index (χ4n) is 2.01. The molecule has 0 amide bonds. The lowest BCUT2D eigenvalue weighted by Gasteiger charge is -2.06. The summed E-state index contributed by atoms with van der Waals surface area (Å²) in [5, 5.41) is 0. The van der Waals surface area contributed by atoms with Crippen LogP contribution in [0, 0.1) is 6.92 Å². The summed E-state index contributed by atoms with van der Waals surface area (Å²) in [7, 11) is 0. The van der Waals surface area contributed by atoms with Crippen LogP contribution in [0.15, 0.2) is 48.5 Å². The van der Waals surface area contributed by atoms with Crippen molar-refractivity contribution < 1.29 is 9.53 Å². The lowest BCUT2D eigenvalue weighted by atomic mass is 10.1. The van der Waals surface area contributed by atoms with Gasteiger partial charge in [0.1, 0.15) is 5.75 Å². The number of aryl methyl sites for hydroxylation is 2. The highest BCUT2D eigenvalue weighted by molar-refractivity contribution is 5.97. The van der Waals surface area contributed by atoms with E-state index >= 15 is 0 Å². The summed E-state index contributed by atoms with van der Waals surface area (Å²) in [6.45, 7) is 4.25. The standard InChI is InChI=1S/C18H20O2/c1-3-4-15-7-9-16(10-8-15)18(19)13-20-17-11-5-14(2)6-12-17/h5-12H,3-4,13H2,1-2H3. The Morgan fingerprint density at radius 3 is 2.25 bits per heavy atom. The quantitative estimate of drug-likeness (QED) is 0.734. The highest BCUT2D eigenvalue weighted by atomic mass is 16.5. The zero-order valence-corrected chi connectivity index (χ0v) is 12.1. The van der Waals surface area contributed by atoms with Crippen molar-refractivity contribution >= 4 is 5.78 Å². The van der Waals surface area contributed by atoms with Gasteiger partial charge in [-0.3, -0.25) is 4.79 Å². The minimum absolute atomic E-state index is 0.00798. The molecule has 104 valence electrons. The van der Waals surface area contributed by atoms with E-state index in [9.17, 15) is 4.79 Å². The van der Waals surface area contributed by atoms with Gasteiger partial charge >= 0.3 is 0 Å². The van der Waals surface area contributed by atoms with Crippen LogP contribution >= 0.6 is 0 Å². The Morgan fingerprint density at radius 2 is 1.65 bits per heavy atom. The molecule has 0 aliphatic rings. The Balaban J connectivity index is 1.92. The van der Waals surface area contributed by atoms with Crippen molar-refractivity contribution in [1.29, 1.82) is 0 Å². The van der Waals surface area contributed by atoms with Crippen LogP contribution in [0.4, 0.5) is 0 Å². The van der Waals surface area contributed by atoms with E-state index in [4.69, 9.17) is 4.74 Å². The zero-order chi connectivity index (χ0) is 14.4. The summed E-state index contributed by atoms with van der Waals surface area (Å²) in [6.07, 6.45) is 2.16. The molecule has 2 aromatic carbocycles. The van der Waals surface area contributed by atoms with E-state index in [1.807, 2.05) is 55.5 Å². The molecule has 0 radical (unpaired) electrons. The van der Waals surface area contributed by atoms with Crippen LogP contribution in [-0.2, 0) is 6.42 Å². The summed E-state index contributed by atoms with van der Waals surface area (Å²) < 4.78 is 5.51. The number of carbonyl (C=O) groups excluding carboxylic acids is 1. The second kappa shape index (κ2) is 6.90. The third-order valence-electron chi connectivity index (χ3n) is 3.21. The normalized spacial score (nSPS) is 10.3. The van der Waals surface area contributed by atoms with E-state index in [2.05, 4.69) is 6.92 Å². The number of rotatable bonds is 6. The largest absolute Gasteiger partial charge is 0.485 e. The van der Waals surface area contributed by atoms with Crippen LogP contribution in [-0.4, -0.2) is 12.4 Å². The van der Waals surface area contributed by atoms with Gasteiger partial charge in [-0.15, -0.1) is 0 Å². The average molecular weight is 268 g/mol. The molecule has 0 N–H and O–H groups in total. The summed E-state index contributed by atoms with van der Waals surface area (Å²) >= 11 is 0. The predicted molar refractivity (Wildman–Crippen MR) is 81.4 cm³/mol. The third kappa shape index (κ3) is 3.95.